The number of nitrogens with one attached hydrogen (secondary N) is 1. The van der Waals surface area contributed by atoms with Gasteiger partial charge in [-0.25, -0.2) is 0 Å². The molecule has 0 radical (unpaired) electrons. The number of pyridine rings is 1. The van der Waals surface area contributed by atoms with Gasteiger partial charge in [0, 0.05) is 29.4 Å². The van der Waals surface area contributed by atoms with Gasteiger partial charge in [-0.05, 0) is 20.4 Å². The number of hydrogen-bond donors (Lipinski definition) is 1. The lowest BCUT2D eigenvalue weighted by atomic mass is 10.0. The van der Waals surface area contributed by atoms with Crippen LogP contribution >= 0.6 is 0 Å². The number of aromatic nitrogens is 1. The molecule has 19 heavy (non-hydrogen) atoms. The summed E-state index contributed by atoms with van der Waals surface area (Å²) in [5.74, 6) is 0.599. The highest BCUT2D eigenvalue weighted by Gasteiger charge is 2.39. The average Bonchev–Trinajstić information content (AvgIpc) is 2.31. The van der Waals surface area contributed by atoms with Crippen LogP contribution in [0.2, 0.25) is 0 Å². The minimum Gasteiger partial charge on any atom is -0.496 e. The summed E-state index contributed by atoms with van der Waals surface area (Å²) in [7, 11) is 1.50. The van der Waals surface area contributed by atoms with Crippen LogP contribution in [0.5, 0.6) is 5.75 Å². The van der Waals surface area contributed by atoms with Crippen molar-refractivity contribution in [2.24, 2.45) is 0 Å². The van der Waals surface area contributed by atoms with Crippen LogP contribution in [0.4, 0.5) is 13.2 Å². The SMILES string of the molecule is CCNC(Cc1ncc(C)c(OC)c1C)C(F)(F)F. The van der Waals surface area contributed by atoms with Gasteiger partial charge in [-0.15, -0.1) is 0 Å². The lowest BCUT2D eigenvalue weighted by molar-refractivity contribution is -0.155. The quantitative estimate of drug-likeness (QED) is 0.898. The molecule has 0 spiro atoms. The Hall–Kier alpha value is -1.30. The van der Waals surface area contributed by atoms with E-state index in [1.807, 2.05) is 6.92 Å². The van der Waals surface area contributed by atoms with Crippen molar-refractivity contribution in [1.29, 1.82) is 0 Å². The summed E-state index contributed by atoms with van der Waals surface area (Å²) in [4.78, 5) is 4.10. The van der Waals surface area contributed by atoms with E-state index in [4.69, 9.17) is 4.74 Å². The van der Waals surface area contributed by atoms with Crippen molar-refractivity contribution in [1.82, 2.24) is 10.3 Å². The third-order valence-electron chi connectivity index (χ3n) is 2.99. The predicted molar refractivity (Wildman–Crippen MR) is 67.5 cm³/mol. The van der Waals surface area contributed by atoms with Gasteiger partial charge in [0.15, 0.2) is 0 Å². The first-order chi connectivity index (χ1) is 8.81. The Bertz CT molecular complexity index is 433. The minimum absolute atomic E-state index is 0.195. The van der Waals surface area contributed by atoms with Gasteiger partial charge in [0.2, 0.25) is 0 Å². The van der Waals surface area contributed by atoms with Gasteiger partial charge in [-0.3, -0.25) is 4.98 Å². The van der Waals surface area contributed by atoms with E-state index in [0.29, 0.717) is 17.0 Å². The summed E-state index contributed by atoms with van der Waals surface area (Å²) in [6.45, 7) is 5.45. The molecule has 0 saturated heterocycles. The van der Waals surface area contributed by atoms with Crippen molar-refractivity contribution in [3.8, 4) is 5.75 Å². The first-order valence-electron chi connectivity index (χ1n) is 6.10. The molecule has 6 heteroatoms. The summed E-state index contributed by atoms with van der Waals surface area (Å²) < 4.78 is 43.8. The summed E-state index contributed by atoms with van der Waals surface area (Å²) >= 11 is 0. The van der Waals surface area contributed by atoms with Crippen LogP contribution in [0.15, 0.2) is 6.20 Å². The van der Waals surface area contributed by atoms with Gasteiger partial charge in [0.25, 0.3) is 0 Å². The Balaban J connectivity index is 3.04. The van der Waals surface area contributed by atoms with E-state index in [9.17, 15) is 13.2 Å². The van der Waals surface area contributed by atoms with Crippen molar-refractivity contribution in [2.75, 3.05) is 13.7 Å². The normalized spacial score (nSPS) is 13.4. The van der Waals surface area contributed by atoms with Crippen molar-refractivity contribution in [3.63, 3.8) is 0 Å². The molecule has 0 aliphatic rings. The van der Waals surface area contributed by atoms with Gasteiger partial charge in [0.05, 0.1) is 7.11 Å². The first kappa shape index (κ1) is 15.8. The molecule has 1 rings (SSSR count). The summed E-state index contributed by atoms with van der Waals surface area (Å²) in [5.41, 5.74) is 1.89. The van der Waals surface area contributed by atoms with Crippen LogP contribution < -0.4 is 10.1 Å². The Kier molecular flexibility index (Phi) is 5.17. The molecule has 1 aromatic rings. The Labute approximate surface area is 111 Å². The third kappa shape index (κ3) is 3.83. The Morgan fingerprint density at radius 3 is 2.47 bits per heavy atom. The highest BCUT2D eigenvalue weighted by molar-refractivity contribution is 5.41. The molecule has 0 aromatic carbocycles. The second kappa shape index (κ2) is 6.23. The smallest absolute Gasteiger partial charge is 0.404 e. The second-order valence-corrected chi connectivity index (χ2v) is 4.40. The molecule has 0 amide bonds. The van der Waals surface area contributed by atoms with Crippen LogP contribution in [0, 0.1) is 13.8 Å². The molecule has 0 bridgehead atoms. The maximum atomic E-state index is 12.9. The topological polar surface area (TPSA) is 34.2 Å². The first-order valence-corrected chi connectivity index (χ1v) is 6.10. The zero-order chi connectivity index (χ0) is 14.6. The van der Waals surface area contributed by atoms with Gasteiger partial charge >= 0.3 is 6.18 Å². The van der Waals surface area contributed by atoms with E-state index in [1.54, 1.807) is 20.0 Å². The molecule has 1 heterocycles. The molecule has 0 saturated carbocycles. The monoisotopic (exact) mass is 276 g/mol. The number of hydrogen-bond acceptors (Lipinski definition) is 3. The van der Waals surface area contributed by atoms with Gasteiger partial charge < -0.3 is 10.1 Å². The number of alkyl halides is 3. The number of likely N-dealkylation sites (N-methyl/N-ethyl adjacent to an activating group) is 1. The minimum atomic E-state index is -4.29. The molecule has 0 aliphatic carbocycles. The van der Waals surface area contributed by atoms with E-state index in [1.165, 1.54) is 7.11 Å². The van der Waals surface area contributed by atoms with Crippen LogP contribution in [-0.4, -0.2) is 30.9 Å². The van der Waals surface area contributed by atoms with E-state index < -0.39 is 12.2 Å². The standard InChI is InChI=1S/C13H19F3N2O/c1-5-17-11(13(14,15)16)6-10-9(3)12(19-4)8(2)7-18-10/h7,11,17H,5-6H2,1-4H3. The lowest BCUT2D eigenvalue weighted by Crippen LogP contribution is -2.44. The number of aryl methyl sites for hydroxylation is 1. The molecule has 1 unspecified atom stereocenters. The molecule has 1 N–H and O–H groups in total. The second-order valence-electron chi connectivity index (χ2n) is 4.40. The summed E-state index contributed by atoms with van der Waals surface area (Å²) in [6, 6.07) is -1.59. The zero-order valence-corrected chi connectivity index (χ0v) is 11.6. The van der Waals surface area contributed by atoms with E-state index in [2.05, 4.69) is 10.3 Å². The average molecular weight is 276 g/mol. The molecular formula is C13H19F3N2O. The number of halogens is 3. The van der Waals surface area contributed by atoms with Crippen molar-refractivity contribution >= 4 is 0 Å². The largest absolute Gasteiger partial charge is 0.496 e. The maximum absolute atomic E-state index is 12.9. The van der Waals surface area contributed by atoms with Crippen LogP contribution in [0.3, 0.4) is 0 Å². The van der Waals surface area contributed by atoms with Crippen molar-refractivity contribution < 1.29 is 17.9 Å². The fraction of sp³-hybridized carbons (Fsp3) is 0.615. The molecule has 1 aromatic heterocycles. The predicted octanol–water partition coefficient (Wildman–Crippen LogP) is 2.79. The molecule has 0 fully saturated rings. The molecule has 1 atom stereocenters. The van der Waals surface area contributed by atoms with Crippen LogP contribution in [0.1, 0.15) is 23.7 Å². The molecule has 0 aliphatic heterocycles. The number of ether oxygens (including phenoxy) is 1. The zero-order valence-electron chi connectivity index (χ0n) is 11.6. The maximum Gasteiger partial charge on any atom is 0.404 e. The molecule has 3 nitrogen and oxygen atoms in total. The highest BCUT2D eigenvalue weighted by Crippen LogP contribution is 2.28. The number of methoxy groups -OCH3 is 1. The van der Waals surface area contributed by atoms with Crippen LogP contribution in [0.25, 0.3) is 0 Å². The lowest BCUT2D eigenvalue weighted by Gasteiger charge is -2.22. The van der Waals surface area contributed by atoms with Crippen molar-refractivity contribution in [3.05, 3.63) is 23.0 Å². The third-order valence-corrected chi connectivity index (χ3v) is 2.99. The van der Waals surface area contributed by atoms with E-state index >= 15 is 0 Å². The van der Waals surface area contributed by atoms with E-state index in [-0.39, 0.29) is 13.0 Å². The van der Waals surface area contributed by atoms with Gasteiger partial charge in [-0.1, -0.05) is 6.92 Å². The molecular weight excluding hydrogens is 257 g/mol. The van der Waals surface area contributed by atoms with Gasteiger partial charge in [0.1, 0.15) is 11.8 Å². The van der Waals surface area contributed by atoms with E-state index in [0.717, 1.165) is 5.56 Å². The Morgan fingerprint density at radius 2 is 2.00 bits per heavy atom. The van der Waals surface area contributed by atoms with Crippen LogP contribution in [-0.2, 0) is 6.42 Å². The fourth-order valence-corrected chi connectivity index (χ4v) is 2.02. The number of rotatable bonds is 5. The Morgan fingerprint density at radius 1 is 1.37 bits per heavy atom. The fourth-order valence-electron chi connectivity index (χ4n) is 2.02. The molecule has 108 valence electrons. The number of nitrogens with zero attached hydrogens (tertiary/aromatic N) is 1. The summed E-state index contributed by atoms with van der Waals surface area (Å²) in [6.07, 6.45) is -2.94. The van der Waals surface area contributed by atoms with Crippen molar-refractivity contribution in [2.45, 2.75) is 39.4 Å². The summed E-state index contributed by atoms with van der Waals surface area (Å²) in [5, 5.41) is 2.44. The van der Waals surface area contributed by atoms with Gasteiger partial charge in [-0.2, -0.15) is 13.2 Å². The highest BCUT2D eigenvalue weighted by atomic mass is 19.4.